The van der Waals surface area contributed by atoms with E-state index < -0.39 is 5.97 Å². The van der Waals surface area contributed by atoms with Crippen LogP contribution >= 0.6 is 0 Å². The van der Waals surface area contributed by atoms with E-state index in [4.69, 9.17) is 9.84 Å². The fourth-order valence-corrected chi connectivity index (χ4v) is 2.23. The number of hydrogen-bond acceptors (Lipinski definition) is 2. The molecule has 1 heterocycles. The first-order valence-electron chi connectivity index (χ1n) is 5.91. The van der Waals surface area contributed by atoms with E-state index in [0.717, 1.165) is 17.7 Å². The molecule has 0 bridgehead atoms. The zero-order chi connectivity index (χ0) is 12.6. The molecule has 1 aromatic carbocycles. The van der Waals surface area contributed by atoms with Crippen molar-refractivity contribution in [3.05, 3.63) is 29.3 Å². The molecule has 1 atom stereocenters. The zero-order valence-corrected chi connectivity index (χ0v) is 10.5. The first-order chi connectivity index (χ1) is 7.87. The summed E-state index contributed by atoms with van der Waals surface area (Å²) in [5.74, 6) is -0.160. The molecule has 1 aliphatic rings. The maximum Gasteiger partial charge on any atom is 0.306 e. The monoisotopic (exact) mass is 234 g/mol. The number of carboxylic acid groups (broad SMARTS) is 1. The molecular weight excluding hydrogens is 216 g/mol. The fraction of sp³-hybridized carbons (Fsp3) is 0.500. The van der Waals surface area contributed by atoms with Crippen molar-refractivity contribution >= 4 is 5.97 Å². The number of hydrogen-bond donors (Lipinski definition) is 1. The number of fused-ring (bicyclic) bond motifs is 1. The second kappa shape index (κ2) is 4.06. The maximum absolute atomic E-state index is 10.8. The Balaban J connectivity index is 2.16. The van der Waals surface area contributed by atoms with Crippen LogP contribution in [0.15, 0.2) is 18.2 Å². The summed E-state index contributed by atoms with van der Waals surface area (Å²) in [6.07, 6.45) is 1.46. The van der Waals surface area contributed by atoms with Gasteiger partial charge in [0.1, 0.15) is 11.4 Å². The fourth-order valence-electron chi connectivity index (χ4n) is 2.23. The van der Waals surface area contributed by atoms with Crippen molar-refractivity contribution in [2.24, 2.45) is 5.92 Å². The third-order valence-electron chi connectivity index (χ3n) is 3.09. The summed E-state index contributed by atoms with van der Waals surface area (Å²) in [5.41, 5.74) is 2.12. The van der Waals surface area contributed by atoms with Gasteiger partial charge < -0.3 is 9.84 Å². The molecule has 0 fully saturated rings. The summed E-state index contributed by atoms with van der Waals surface area (Å²) in [4.78, 5) is 10.8. The number of ether oxygens (including phenoxy) is 1. The topological polar surface area (TPSA) is 46.5 Å². The predicted octanol–water partition coefficient (Wildman–Crippen LogP) is 2.66. The Morgan fingerprint density at radius 3 is 2.88 bits per heavy atom. The van der Waals surface area contributed by atoms with Crippen LogP contribution in [0.1, 0.15) is 31.9 Å². The van der Waals surface area contributed by atoms with Gasteiger partial charge in [-0.05, 0) is 37.5 Å². The lowest BCUT2D eigenvalue weighted by Gasteiger charge is -2.16. The Kier molecular flexibility index (Phi) is 2.86. The molecule has 1 unspecified atom stereocenters. The molecule has 1 N–H and O–H groups in total. The van der Waals surface area contributed by atoms with Gasteiger partial charge in [-0.25, -0.2) is 0 Å². The molecule has 17 heavy (non-hydrogen) atoms. The summed E-state index contributed by atoms with van der Waals surface area (Å²) < 4.78 is 5.79. The third-order valence-corrected chi connectivity index (χ3v) is 3.09. The van der Waals surface area contributed by atoms with E-state index in [1.165, 1.54) is 5.56 Å². The van der Waals surface area contributed by atoms with Gasteiger partial charge in [-0.3, -0.25) is 4.79 Å². The van der Waals surface area contributed by atoms with E-state index in [9.17, 15) is 4.79 Å². The molecule has 2 rings (SSSR count). The number of benzene rings is 1. The number of carboxylic acids is 1. The first kappa shape index (κ1) is 12.0. The highest BCUT2D eigenvalue weighted by Crippen LogP contribution is 2.35. The minimum atomic E-state index is -0.748. The molecular formula is C14H18O3. The molecule has 1 aliphatic heterocycles. The largest absolute Gasteiger partial charge is 0.487 e. The maximum atomic E-state index is 10.8. The molecule has 0 saturated heterocycles. The Labute approximate surface area is 101 Å². The summed E-state index contributed by atoms with van der Waals surface area (Å²) >= 11 is 0. The van der Waals surface area contributed by atoms with Crippen LogP contribution < -0.4 is 4.74 Å². The van der Waals surface area contributed by atoms with Gasteiger partial charge in [-0.15, -0.1) is 0 Å². The Bertz CT molecular complexity index is 449. The van der Waals surface area contributed by atoms with Gasteiger partial charge in [-0.2, -0.15) is 0 Å². The molecule has 0 saturated carbocycles. The van der Waals surface area contributed by atoms with Gasteiger partial charge in [0, 0.05) is 6.42 Å². The molecule has 0 spiro atoms. The molecule has 92 valence electrons. The van der Waals surface area contributed by atoms with Crippen molar-refractivity contribution in [3.63, 3.8) is 0 Å². The molecule has 3 heteroatoms. The van der Waals surface area contributed by atoms with Gasteiger partial charge in [0.2, 0.25) is 0 Å². The van der Waals surface area contributed by atoms with Crippen molar-refractivity contribution in [2.75, 3.05) is 0 Å². The average Bonchev–Trinajstić information content (AvgIpc) is 2.50. The van der Waals surface area contributed by atoms with Crippen LogP contribution in [0.2, 0.25) is 0 Å². The quantitative estimate of drug-likeness (QED) is 0.874. The third kappa shape index (κ3) is 2.60. The number of carbonyl (C=O) groups is 1. The highest BCUT2D eigenvalue weighted by molar-refractivity contribution is 5.69. The van der Waals surface area contributed by atoms with Crippen molar-refractivity contribution in [1.29, 1.82) is 0 Å². The molecule has 0 aromatic heterocycles. The molecule has 0 amide bonds. The van der Waals surface area contributed by atoms with Crippen LogP contribution in [0.3, 0.4) is 0 Å². The Morgan fingerprint density at radius 2 is 2.24 bits per heavy atom. The lowest BCUT2D eigenvalue weighted by atomic mass is 9.96. The van der Waals surface area contributed by atoms with Gasteiger partial charge in [0.05, 0.1) is 5.92 Å². The van der Waals surface area contributed by atoms with Crippen molar-refractivity contribution < 1.29 is 14.6 Å². The van der Waals surface area contributed by atoms with Gasteiger partial charge >= 0.3 is 5.97 Å². The average molecular weight is 234 g/mol. The highest BCUT2D eigenvalue weighted by Gasteiger charge is 2.30. The second-order valence-electron chi connectivity index (χ2n) is 5.42. The summed E-state index contributed by atoms with van der Waals surface area (Å²) in [5, 5.41) is 8.90. The van der Waals surface area contributed by atoms with Crippen LogP contribution in [0.25, 0.3) is 0 Å². The normalized spacial score (nSPS) is 18.3. The van der Waals surface area contributed by atoms with Crippen molar-refractivity contribution in [3.8, 4) is 5.75 Å². The summed E-state index contributed by atoms with van der Waals surface area (Å²) in [6, 6.07) is 5.98. The van der Waals surface area contributed by atoms with E-state index in [2.05, 4.69) is 19.9 Å². The van der Waals surface area contributed by atoms with E-state index in [1.54, 1.807) is 6.92 Å². The van der Waals surface area contributed by atoms with Gasteiger partial charge in [0.15, 0.2) is 0 Å². The van der Waals surface area contributed by atoms with Crippen LogP contribution in [0.4, 0.5) is 0 Å². The summed E-state index contributed by atoms with van der Waals surface area (Å²) in [7, 11) is 0. The second-order valence-corrected chi connectivity index (χ2v) is 5.42. The zero-order valence-electron chi connectivity index (χ0n) is 10.5. The van der Waals surface area contributed by atoms with E-state index in [0.29, 0.717) is 6.42 Å². The molecule has 0 aliphatic carbocycles. The Morgan fingerprint density at radius 1 is 1.53 bits per heavy atom. The van der Waals surface area contributed by atoms with Crippen LogP contribution in [-0.2, 0) is 17.6 Å². The van der Waals surface area contributed by atoms with Gasteiger partial charge in [-0.1, -0.05) is 19.1 Å². The van der Waals surface area contributed by atoms with Gasteiger partial charge in [0.25, 0.3) is 0 Å². The van der Waals surface area contributed by atoms with Crippen LogP contribution in [-0.4, -0.2) is 16.7 Å². The highest BCUT2D eigenvalue weighted by atomic mass is 16.5. The van der Waals surface area contributed by atoms with Crippen molar-refractivity contribution in [2.45, 2.75) is 39.2 Å². The standard InChI is InChI=1S/C14H18O3/c1-9(13(15)16)6-10-4-5-12-11(7-10)8-14(2,3)17-12/h4-5,7,9H,6,8H2,1-3H3,(H,15,16). The van der Waals surface area contributed by atoms with E-state index in [1.807, 2.05) is 12.1 Å². The first-order valence-corrected chi connectivity index (χ1v) is 5.91. The number of rotatable bonds is 3. The SMILES string of the molecule is CC(Cc1ccc2c(c1)CC(C)(C)O2)C(=O)O. The molecule has 0 radical (unpaired) electrons. The molecule has 1 aromatic rings. The van der Waals surface area contributed by atoms with Crippen LogP contribution in [0.5, 0.6) is 5.75 Å². The number of aliphatic carboxylic acids is 1. The lowest BCUT2D eigenvalue weighted by molar-refractivity contribution is -0.141. The smallest absolute Gasteiger partial charge is 0.306 e. The summed E-state index contributed by atoms with van der Waals surface area (Å²) in [6.45, 7) is 5.86. The van der Waals surface area contributed by atoms with E-state index >= 15 is 0 Å². The van der Waals surface area contributed by atoms with E-state index in [-0.39, 0.29) is 11.5 Å². The Hall–Kier alpha value is -1.51. The minimum absolute atomic E-state index is 0.140. The van der Waals surface area contributed by atoms with Crippen molar-refractivity contribution in [1.82, 2.24) is 0 Å². The molecule has 3 nitrogen and oxygen atoms in total. The van der Waals surface area contributed by atoms with Crippen LogP contribution in [0, 0.1) is 5.92 Å². The lowest BCUT2D eigenvalue weighted by Crippen LogP contribution is -2.24. The predicted molar refractivity (Wildman–Crippen MR) is 65.4 cm³/mol. The minimum Gasteiger partial charge on any atom is -0.487 e.